The fourth-order valence-electron chi connectivity index (χ4n) is 3.20. The molecule has 134 valence electrons. The summed E-state index contributed by atoms with van der Waals surface area (Å²) in [7, 11) is 1.63. The molecule has 1 unspecified atom stereocenters. The number of hydrogen-bond donors (Lipinski definition) is 0. The molecule has 1 aliphatic heterocycles. The Kier molecular flexibility index (Phi) is 4.71. The maximum Gasteiger partial charge on any atom is 0.264 e. The second-order valence-corrected chi connectivity index (χ2v) is 7.12. The molecule has 0 radical (unpaired) electrons. The first-order valence-corrected chi connectivity index (χ1v) is 9.47. The van der Waals surface area contributed by atoms with Crippen molar-refractivity contribution in [2.75, 3.05) is 13.7 Å². The highest BCUT2D eigenvalue weighted by Crippen LogP contribution is 2.33. The Morgan fingerprint density at radius 2 is 2.12 bits per heavy atom. The van der Waals surface area contributed by atoms with Crippen molar-refractivity contribution in [3.8, 4) is 17.1 Å². The molecule has 1 saturated heterocycles. The summed E-state index contributed by atoms with van der Waals surface area (Å²) >= 11 is 1.46. The van der Waals surface area contributed by atoms with Crippen molar-refractivity contribution in [2.45, 2.75) is 25.3 Å². The van der Waals surface area contributed by atoms with E-state index in [0.717, 1.165) is 35.5 Å². The van der Waals surface area contributed by atoms with Gasteiger partial charge in [-0.05, 0) is 55.0 Å². The topological polar surface area (TPSA) is 68.5 Å². The average molecular weight is 369 g/mol. The zero-order valence-corrected chi connectivity index (χ0v) is 15.2. The van der Waals surface area contributed by atoms with Crippen LogP contribution in [0.15, 0.2) is 46.3 Å². The number of piperidine rings is 1. The minimum atomic E-state index is -0.169. The zero-order chi connectivity index (χ0) is 17.9. The Morgan fingerprint density at radius 1 is 1.27 bits per heavy atom. The number of rotatable bonds is 4. The van der Waals surface area contributed by atoms with Crippen molar-refractivity contribution in [3.05, 3.63) is 52.5 Å². The van der Waals surface area contributed by atoms with Gasteiger partial charge in [-0.15, -0.1) is 11.3 Å². The number of ether oxygens (including phenoxy) is 1. The average Bonchev–Trinajstić information content (AvgIpc) is 3.40. The van der Waals surface area contributed by atoms with E-state index in [1.807, 2.05) is 46.7 Å². The van der Waals surface area contributed by atoms with E-state index in [-0.39, 0.29) is 11.9 Å². The summed E-state index contributed by atoms with van der Waals surface area (Å²) < 4.78 is 10.7. The zero-order valence-electron chi connectivity index (χ0n) is 14.4. The molecule has 1 fully saturated rings. The van der Waals surface area contributed by atoms with Gasteiger partial charge in [0, 0.05) is 12.1 Å². The minimum absolute atomic E-state index is 0.0360. The molecule has 2 aromatic heterocycles. The molecule has 26 heavy (non-hydrogen) atoms. The van der Waals surface area contributed by atoms with Crippen molar-refractivity contribution >= 4 is 17.2 Å². The van der Waals surface area contributed by atoms with E-state index in [9.17, 15) is 4.79 Å². The van der Waals surface area contributed by atoms with E-state index in [2.05, 4.69) is 10.1 Å². The number of benzene rings is 1. The highest BCUT2D eigenvalue weighted by Gasteiger charge is 2.33. The number of amides is 1. The smallest absolute Gasteiger partial charge is 0.264 e. The molecule has 3 heterocycles. The number of nitrogens with zero attached hydrogens (tertiary/aromatic N) is 3. The Bertz CT molecular complexity index is 874. The molecular formula is C19H19N3O3S. The van der Waals surface area contributed by atoms with E-state index in [1.165, 1.54) is 11.3 Å². The van der Waals surface area contributed by atoms with Gasteiger partial charge in [-0.2, -0.15) is 4.98 Å². The number of carbonyl (C=O) groups is 1. The second kappa shape index (κ2) is 7.29. The maximum absolute atomic E-state index is 12.8. The van der Waals surface area contributed by atoms with Gasteiger partial charge in [0.25, 0.3) is 5.91 Å². The van der Waals surface area contributed by atoms with Gasteiger partial charge in [0.2, 0.25) is 11.7 Å². The lowest BCUT2D eigenvalue weighted by molar-refractivity contribution is 0.0566. The van der Waals surface area contributed by atoms with Crippen LogP contribution in [-0.4, -0.2) is 34.6 Å². The van der Waals surface area contributed by atoms with Crippen LogP contribution in [0.5, 0.6) is 5.75 Å². The Hall–Kier alpha value is -2.67. The summed E-state index contributed by atoms with van der Waals surface area (Å²) in [6, 6.07) is 11.1. The third-order valence-electron chi connectivity index (χ3n) is 4.57. The van der Waals surface area contributed by atoms with Gasteiger partial charge in [-0.1, -0.05) is 11.2 Å². The van der Waals surface area contributed by atoms with Gasteiger partial charge in [-0.25, -0.2) is 0 Å². The van der Waals surface area contributed by atoms with E-state index in [1.54, 1.807) is 7.11 Å². The highest BCUT2D eigenvalue weighted by molar-refractivity contribution is 7.12. The van der Waals surface area contributed by atoms with Gasteiger partial charge in [0.15, 0.2) is 0 Å². The van der Waals surface area contributed by atoms with Crippen LogP contribution in [0.4, 0.5) is 0 Å². The van der Waals surface area contributed by atoms with Crippen LogP contribution in [0.25, 0.3) is 11.4 Å². The Morgan fingerprint density at radius 3 is 2.85 bits per heavy atom. The monoisotopic (exact) mass is 369 g/mol. The molecule has 1 aromatic carbocycles. The molecule has 7 heteroatoms. The van der Waals surface area contributed by atoms with Crippen LogP contribution in [-0.2, 0) is 0 Å². The fraction of sp³-hybridized carbons (Fsp3) is 0.316. The number of methoxy groups -OCH3 is 1. The lowest BCUT2D eigenvalue weighted by Crippen LogP contribution is -2.38. The van der Waals surface area contributed by atoms with Gasteiger partial charge in [-0.3, -0.25) is 4.79 Å². The standard InChI is InChI=1S/C19H19N3O3S/c1-24-14-9-7-13(8-10-14)17-20-18(25-21-17)15-5-2-3-11-22(15)19(23)16-6-4-12-26-16/h4,6-10,12,15H,2-3,5,11H2,1H3. The summed E-state index contributed by atoms with van der Waals surface area (Å²) in [6.07, 6.45) is 2.87. The lowest BCUT2D eigenvalue weighted by atomic mass is 10.0. The minimum Gasteiger partial charge on any atom is -0.497 e. The molecule has 1 atom stereocenters. The third kappa shape index (κ3) is 3.22. The molecule has 3 aromatic rings. The molecule has 0 N–H and O–H groups in total. The molecule has 1 amide bonds. The molecule has 0 saturated carbocycles. The Balaban J connectivity index is 1.59. The number of aromatic nitrogens is 2. The normalized spacial score (nSPS) is 17.3. The summed E-state index contributed by atoms with van der Waals surface area (Å²) in [5.41, 5.74) is 0.854. The first-order chi connectivity index (χ1) is 12.8. The van der Waals surface area contributed by atoms with Crippen molar-refractivity contribution in [1.29, 1.82) is 0 Å². The van der Waals surface area contributed by atoms with E-state index in [0.29, 0.717) is 18.3 Å². The van der Waals surface area contributed by atoms with Crippen molar-refractivity contribution in [3.63, 3.8) is 0 Å². The van der Waals surface area contributed by atoms with Crippen molar-refractivity contribution in [2.24, 2.45) is 0 Å². The predicted molar refractivity (Wildman–Crippen MR) is 98.2 cm³/mol. The first kappa shape index (κ1) is 16.8. The molecule has 0 bridgehead atoms. The number of carbonyl (C=O) groups excluding carboxylic acids is 1. The van der Waals surface area contributed by atoms with Gasteiger partial charge in [0.1, 0.15) is 11.8 Å². The summed E-state index contributed by atoms with van der Waals surface area (Å²) in [4.78, 5) is 20.0. The van der Waals surface area contributed by atoms with Crippen LogP contribution in [0.1, 0.15) is 40.9 Å². The van der Waals surface area contributed by atoms with Crippen LogP contribution in [0.3, 0.4) is 0 Å². The third-order valence-corrected chi connectivity index (χ3v) is 5.43. The summed E-state index contributed by atoms with van der Waals surface area (Å²) in [5, 5.41) is 6.03. The first-order valence-electron chi connectivity index (χ1n) is 8.59. The predicted octanol–water partition coefficient (Wildman–Crippen LogP) is 4.17. The van der Waals surface area contributed by atoms with Crippen molar-refractivity contribution < 1.29 is 14.1 Å². The lowest BCUT2D eigenvalue weighted by Gasteiger charge is -2.33. The number of hydrogen-bond acceptors (Lipinski definition) is 6. The van der Waals surface area contributed by atoms with Gasteiger partial charge in [0.05, 0.1) is 12.0 Å². The second-order valence-electron chi connectivity index (χ2n) is 6.17. The Labute approximate surface area is 155 Å². The number of likely N-dealkylation sites (tertiary alicyclic amines) is 1. The number of thiophene rings is 1. The quantitative estimate of drug-likeness (QED) is 0.690. The molecule has 1 aliphatic rings. The van der Waals surface area contributed by atoms with E-state index in [4.69, 9.17) is 9.26 Å². The molecule has 0 spiro atoms. The molecule has 4 rings (SSSR count). The largest absolute Gasteiger partial charge is 0.497 e. The van der Waals surface area contributed by atoms with Gasteiger partial charge >= 0.3 is 0 Å². The van der Waals surface area contributed by atoms with Crippen molar-refractivity contribution in [1.82, 2.24) is 15.0 Å². The van der Waals surface area contributed by atoms with E-state index < -0.39 is 0 Å². The molecular weight excluding hydrogens is 350 g/mol. The highest BCUT2D eigenvalue weighted by atomic mass is 32.1. The van der Waals surface area contributed by atoms with Gasteiger partial charge < -0.3 is 14.2 Å². The summed E-state index contributed by atoms with van der Waals surface area (Å²) in [6.45, 7) is 0.710. The van der Waals surface area contributed by atoms with Crippen LogP contribution >= 0.6 is 11.3 Å². The molecule has 6 nitrogen and oxygen atoms in total. The SMILES string of the molecule is COc1ccc(-c2noc(C3CCCCN3C(=O)c3cccs3)n2)cc1. The maximum atomic E-state index is 12.8. The van der Waals surface area contributed by atoms with Crippen LogP contribution in [0.2, 0.25) is 0 Å². The molecule has 0 aliphatic carbocycles. The fourth-order valence-corrected chi connectivity index (χ4v) is 3.88. The van der Waals surface area contributed by atoms with E-state index >= 15 is 0 Å². The van der Waals surface area contributed by atoms with Crippen LogP contribution in [0, 0.1) is 0 Å². The summed E-state index contributed by atoms with van der Waals surface area (Å²) in [5.74, 6) is 1.84. The van der Waals surface area contributed by atoms with Crippen LogP contribution < -0.4 is 4.74 Å².